The minimum atomic E-state index is 0.480. The van der Waals surface area contributed by atoms with Crippen LogP contribution < -0.4 is 0 Å². The molecule has 1 heteroatoms. The van der Waals surface area contributed by atoms with E-state index in [-0.39, 0.29) is 0 Å². The number of hydrogen-bond acceptors (Lipinski definition) is 1. The minimum absolute atomic E-state index is 0.480. The molecular formula is C11H23N. The van der Waals surface area contributed by atoms with Gasteiger partial charge in [0, 0.05) is 6.04 Å². The largest absolute Gasteiger partial charge is 0.303 e. The third-order valence-electron chi connectivity index (χ3n) is 3.42. The van der Waals surface area contributed by atoms with Crippen molar-refractivity contribution in [1.82, 2.24) is 4.90 Å². The van der Waals surface area contributed by atoms with E-state index in [4.69, 9.17) is 0 Å². The van der Waals surface area contributed by atoms with Gasteiger partial charge in [-0.3, -0.25) is 0 Å². The first-order valence-electron chi connectivity index (χ1n) is 5.13. The van der Waals surface area contributed by atoms with E-state index in [2.05, 4.69) is 39.6 Å². The van der Waals surface area contributed by atoms with Gasteiger partial charge >= 0.3 is 0 Å². The van der Waals surface area contributed by atoms with Crippen LogP contribution in [0.3, 0.4) is 0 Å². The Kier molecular flexibility index (Phi) is 2.82. The average Bonchev–Trinajstić information content (AvgIpc) is 1.92. The lowest BCUT2D eigenvalue weighted by atomic mass is 9.72. The first kappa shape index (κ1) is 10.0. The van der Waals surface area contributed by atoms with Gasteiger partial charge in [-0.1, -0.05) is 20.8 Å². The van der Waals surface area contributed by atoms with Crippen molar-refractivity contribution in [3.8, 4) is 0 Å². The van der Waals surface area contributed by atoms with Crippen LogP contribution in [0.4, 0.5) is 0 Å². The molecule has 0 N–H and O–H groups in total. The molecule has 2 unspecified atom stereocenters. The molecule has 1 fully saturated rings. The van der Waals surface area contributed by atoms with Gasteiger partial charge in [0.15, 0.2) is 0 Å². The van der Waals surface area contributed by atoms with E-state index < -0.39 is 0 Å². The van der Waals surface area contributed by atoms with Crippen LogP contribution in [0.15, 0.2) is 0 Å². The van der Waals surface area contributed by atoms with Gasteiger partial charge in [0.05, 0.1) is 0 Å². The van der Waals surface area contributed by atoms with Crippen molar-refractivity contribution in [3.63, 3.8) is 0 Å². The molecule has 0 aromatic carbocycles. The van der Waals surface area contributed by atoms with Gasteiger partial charge in [0.25, 0.3) is 0 Å². The standard InChI is InChI=1S/C11H23N/c1-9-10(11(2,3)4)7-6-8-12(9)5/h9-10H,6-8H2,1-5H3. The SMILES string of the molecule is CC1C(C(C)(C)C)CCCN1C. The summed E-state index contributed by atoms with van der Waals surface area (Å²) in [6.45, 7) is 10.8. The summed E-state index contributed by atoms with van der Waals surface area (Å²) in [6, 6.07) is 0.763. The molecule has 2 atom stereocenters. The van der Waals surface area contributed by atoms with Crippen LogP contribution in [-0.2, 0) is 0 Å². The molecule has 0 amide bonds. The van der Waals surface area contributed by atoms with Gasteiger partial charge in [-0.15, -0.1) is 0 Å². The summed E-state index contributed by atoms with van der Waals surface area (Å²) in [7, 11) is 2.25. The molecule has 0 aromatic rings. The number of piperidine rings is 1. The highest BCUT2D eigenvalue weighted by molar-refractivity contribution is 4.86. The second kappa shape index (κ2) is 3.37. The molecule has 1 saturated heterocycles. The smallest absolute Gasteiger partial charge is 0.00971 e. The van der Waals surface area contributed by atoms with Gasteiger partial charge in [-0.25, -0.2) is 0 Å². The monoisotopic (exact) mass is 169 g/mol. The molecule has 1 aliphatic rings. The number of likely N-dealkylation sites (tertiary alicyclic amines) is 1. The van der Waals surface area contributed by atoms with E-state index in [1.165, 1.54) is 19.4 Å². The topological polar surface area (TPSA) is 3.24 Å². The van der Waals surface area contributed by atoms with Crippen LogP contribution in [-0.4, -0.2) is 24.5 Å². The molecule has 0 spiro atoms. The fraction of sp³-hybridized carbons (Fsp3) is 1.00. The highest BCUT2D eigenvalue weighted by atomic mass is 15.1. The lowest BCUT2D eigenvalue weighted by molar-refractivity contribution is 0.0596. The average molecular weight is 169 g/mol. The van der Waals surface area contributed by atoms with E-state index >= 15 is 0 Å². The normalized spacial score (nSPS) is 33.8. The minimum Gasteiger partial charge on any atom is -0.303 e. The van der Waals surface area contributed by atoms with Crippen LogP contribution >= 0.6 is 0 Å². The van der Waals surface area contributed by atoms with Gasteiger partial charge in [-0.2, -0.15) is 0 Å². The molecule has 0 aliphatic carbocycles. The molecule has 0 saturated carbocycles. The summed E-state index contributed by atoms with van der Waals surface area (Å²) in [5.41, 5.74) is 0.480. The molecule has 1 nitrogen and oxygen atoms in total. The summed E-state index contributed by atoms with van der Waals surface area (Å²) in [6.07, 6.45) is 2.79. The summed E-state index contributed by atoms with van der Waals surface area (Å²) < 4.78 is 0. The van der Waals surface area contributed by atoms with Gasteiger partial charge < -0.3 is 4.90 Å². The van der Waals surface area contributed by atoms with E-state index in [1.54, 1.807) is 0 Å². The van der Waals surface area contributed by atoms with Crippen LogP contribution in [0.1, 0.15) is 40.5 Å². The van der Waals surface area contributed by atoms with E-state index in [0.29, 0.717) is 5.41 Å². The van der Waals surface area contributed by atoms with Crippen molar-refractivity contribution < 1.29 is 0 Å². The summed E-state index contributed by atoms with van der Waals surface area (Å²) in [5.74, 6) is 0.872. The number of rotatable bonds is 0. The molecule has 1 aliphatic heterocycles. The first-order valence-corrected chi connectivity index (χ1v) is 5.13. The molecule has 72 valence electrons. The maximum absolute atomic E-state index is 2.50. The number of hydrogen-bond donors (Lipinski definition) is 0. The predicted octanol–water partition coefficient (Wildman–Crippen LogP) is 2.76. The summed E-state index contributed by atoms with van der Waals surface area (Å²) in [4.78, 5) is 2.50. The van der Waals surface area contributed by atoms with Gasteiger partial charge in [0.1, 0.15) is 0 Å². The van der Waals surface area contributed by atoms with Crippen molar-refractivity contribution in [2.45, 2.75) is 46.6 Å². The molecule has 1 rings (SSSR count). The Morgan fingerprint density at radius 1 is 1.25 bits per heavy atom. The van der Waals surface area contributed by atoms with E-state index in [1.807, 2.05) is 0 Å². The summed E-state index contributed by atoms with van der Waals surface area (Å²) in [5, 5.41) is 0. The van der Waals surface area contributed by atoms with Crippen molar-refractivity contribution >= 4 is 0 Å². The Hall–Kier alpha value is -0.0400. The maximum atomic E-state index is 2.50. The fourth-order valence-electron chi connectivity index (χ4n) is 2.47. The zero-order valence-corrected chi connectivity index (χ0v) is 9.22. The van der Waals surface area contributed by atoms with Crippen molar-refractivity contribution in [3.05, 3.63) is 0 Å². The third-order valence-corrected chi connectivity index (χ3v) is 3.42. The fourth-order valence-corrected chi connectivity index (χ4v) is 2.47. The van der Waals surface area contributed by atoms with Crippen LogP contribution in [0.25, 0.3) is 0 Å². The number of nitrogens with zero attached hydrogens (tertiary/aromatic N) is 1. The Labute approximate surface area is 77.1 Å². The Morgan fingerprint density at radius 3 is 2.25 bits per heavy atom. The molecule has 0 aromatic heterocycles. The summed E-state index contributed by atoms with van der Waals surface area (Å²) >= 11 is 0. The molecule has 0 radical (unpaired) electrons. The first-order chi connectivity index (χ1) is 5.43. The Bertz CT molecular complexity index is 146. The molecule has 12 heavy (non-hydrogen) atoms. The molecule has 0 bridgehead atoms. The van der Waals surface area contributed by atoms with Gasteiger partial charge in [0.2, 0.25) is 0 Å². The quantitative estimate of drug-likeness (QED) is 0.539. The lowest BCUT2D eigenvalue weighted by Gasteiger charge is -2.43. The predicted molar refractivity (Wildman–Crippen MR) is 54.3 cm³/mol. The Morgan fingerprint density at radius 2 is 1.83 bits per heavy atom. The van der Waals surface area contributed by atoms with Gasteiger partial charge in [-0.05, 0) is 44.7 Å². The highest BCUT2D eigenvalue weighted by Gasteiger charge is 2.33. The van der Waals surface area contributed by atoms with Crippen molar-refractivity contribution in [2.24, 2.45) is 11.3 Å². The zero-order valence-electron chi connectivity index (χ0n) is 9.22. The Balaban J connectivity index is 2.64. The second-order valence-corrected chi connectivity index (χ2v) is 5.34. The highest BCUT2D eigenvalue weighted by Crippen LogP contribution is 2.36. The zero-order chi connectivity index (χ0) is 9.35. The van der Waals surface area contributed by atoms with Crippen LogP contribution in [0.5, 0.6) is 0 Å². The van der Waals surface area contributed by atoms with E-state index in [0.717, 1.165) is 12.0 Å². The van der Waals surface area contributed by atoms with Crippen LogP contribution in [0.2, 0.25) is 0 Å². The van der Waals surface area contributed by atoms with Crippen LogP contribution in [0, 0.1) is 11.3 Å². The van der Waals surface area contributed by atoms with Crippen molar-refractivity contribution in [1.29, 1.82) is 0 Å². The molecule has 1 heterocycles. The van der Waals surface area contributed by atoms with E-state index in [9.17, 15) is 0 Å². The van der Waals surface area contributed by atoms with Crippen molar-refractivity contribution in [2.75, 3.05) is 13.6 Å². The lowest BCUT2D eigenvalue weighted by Crippen LogP contribution is -2.45. The second-order valence-electron chi connectivity index (χ2n) is 5.34. The maximum Gasteiger partial charge on any atom is 0.00971 e. The molecular weight excluding hydrogens is 146 g/mol. The third kappa shape index (κ3) is 2.01.